The molecule has 0 saturated carbocycles. The van der Waals surface area contributed by atoms with Gasteiger partial charge >= 0.3 is 5.97 Å². The van der Waals surface area contributed by atoms with E-state index in [0.29, 0.717) is 35.7 Å². The number of carboxylic acids is 1. The fourth-order valence-corrected chi connectivity index (χ4v) is 6.89. The molecule has 0 bridgehead atoms. The normalized spacial score (nSPS) is 16.6. The van der Waals surface area contributed by atoms with Crippen LogP contribution in [0, 0.1) is 0 Å². The summed E-state index contributed by atoms with van der Waals surface area (Å²) in [5, 5.41) is 10.7. The molecule has 0 amide bonds. The zero-order valence-corrected chi connectivity index (χ0v) is 19.6. The molecule has 5 nitrogen and oxygen atoms in total. The standard InChI is InChI=1S/C24H27NO4S2/c1-24(2,3)17-8-10-18(11-9-17)31(28,29)25-14-12-16(13-15-25)21-19-6-4-5-7-20(19)30-22(21)23(26)27/h4-11,16H,12-15H2,1-3H3,(H,26,27). The van der Waals surface area contributed by atoms with Crippen LogP contribution in [0.25, 0.3) is 10.1 Å². The molecule has 7 heteroatoms. The van der Waals surface area contributed by atoms with Gasteiger partial charge in [-0.05, 0) is 58.9 Å². The van der Waals surface area contributed by atoms with Crippen LogP contribution in [-0.4, -0.2) is 36.9 Å². The van der Waals surface area contributed by atoms with Gasteiger partial charge in [0.05, 0.1) is 4.90 Å². The number of carbonyl (C=O) groups is 1. The molecule has 2 aromatic carbocycles. The molecule has 1 N–H and O–H groups in total. The van der Waals surface area contributed by atoms with Crippen molar-refractivity contribution in [3.05, 3.63) is 64.5 Å². The number of aromatic carboxylic acids is 1. The Balaban J connectivity index is 1.56. The Hall–Kier alpha value is -2.22. The Morgan fingerprint density at radius 1 is 1.03 bits per heavy atom. The van der Waals surface area contributed by atoms with Crippen molar-refractivity contribution in [2.24, 2.45) is 0 Å². The molecular formula is C24H27NO4S2. The van der Waals surface area contributed by atoms with Crippen molar-refractivity contribution in [3.63, 3.8) is 0 Å². The van der Waals surface area contributed by atoms with E-state index >= 15 is 0 Å². The van der Waals surface area contributed by atoms with Gasteiger partial charge in [-0.2, -0.15) is 4.31 Å². The summed E-state index contributed by atoms with van der Waals surface area (Å²) in [6, 6.07) is 14.9. The molecule has 1 aliphatic heterocycles. The lowest BCUT2D eigenvalue weighted by Crippen LogP contribution is -2.38. The van der Waals surface area contributed by atoms with Gasteiger partial charge in [-0.3, -0.25) is 0 Å². The molecule has 0 radical (unpaired) electrons. The van der Waals surface area contributed by atoms with E-state index in [1.54, 1.807) is 12.1 Å². The first-order valence-electron chi connectivity index (χ1n) is 10.4. The third-order valence-corrected chi connectivity index (χ3v) is 9.14. The van der Waals surface area contributed by atoms with E-state index in [1.165, 1.54) is 15.6 Å². The Bertz CT molecular complexity index is 1210. The Morgan fingerprint density at radius 2 is 1.65 bits per heavy atom. The van der Waals surface area contributed by atoms with E-state index in [-0.39, 0.29) is 11.3 Å². The molecule has 1 aromatic heterocycles. The molecule has 1 fully saturated rings. The van der Waals surface area contributed by atoms with Crippen molar-refractivity contribution < 1.29 is 18.3 Å². The Kier molecular flexibility index (Phi) is 5.70. The van der Waals surface area contributed by atoms with Crippen LogP contribution in [0.5, 0.6) is 0 Å². The number of sulfonamides is 1. The van der Waals surface area contributed by atoms with Crippen molar-refractivity contribution in [2.75, 3.05) is 13.1 Å². The molecular weight excluding hydrogens is 430 g/mol. The van der Waals surface area contributed by atoms with Gasteiger partial charge in [-0.25, -0.2) is 13.2 Å². The van der Waals surface area contributed by atoms with Gasteiger partial charge in [0.2, 0.25) is 10.0 Å². The van der Waals surface area contributed by atoms with E-state index in [1.807, 2.05) is 36.4 Å². The minimum atomic E-state index is -3.57. The average Bonchev–Trinajstić information content (AvgIpc) is 3.13. The highest BCUT2D eigenvalue weighted by Crippen LogP contribution is 2.41. The van der Waals surface area contributed by atoms with E-state index in [0.717, 1.165) is 21.2 Å². The first kappa shape index (κ1) is 22.0. The van der Waals surface area contributed by atoms with E-state index < -0.39 is 16.0 Å². The number of rotatable bonds is 4. The van der Waals surface area contributed by atoms with Crippen molar-refractivity contribution in [2.45, 2.75) is 49.8 Å². The Morgan fingerprint density at radius 3 is 2.23 bits per heavy atom. The topological polar surface area (TPSA) is 74.7 Å². The quantitative estimate of drug-likeness (QED) is 0.564. The number of thiophene rings is 1. The van der Waals surface area contributed by atoms with Crippen molar-refractivity contribution in [3.8, 4) is 0 Å². The van der Waals surface area contributed by atoms with E-state index in [4.69, 9.17) is 0 Å². The number of benzene rings is 2. The van der Waals surface area contributed by atoms with Gasteiger partial charge in [0.15, 0.2) is 0 Å². The average molecular weight is 458 g/mol. The van der Waals surface area contributed by atoms with Crippen molar-refractivity contribution in [1.82, 2.24) is 4.31 Å². The number of nitrogens with zero attached hydrogens (tertiary/aromatic N) is 1. The van der Waals surface area contributed by atoms with Crippen LogP contribution in [0.4, 0.5) is 0 Å². The molecule has 0 unspecified atom stereocenters. The van der Waals surface area contributed by atoms with Gasteiger partial charge in [-0.15, -0.1) is 11.3 Å². The second kappa shape index (κ2) is 8.04. The lowest BCUT2D eigenvalue weighted by molar-refractivity contribution is 0.0700. The predicted molar refractivity (Wildman–Crippen MR) is 125 cm³/mol. The highest BCUT2D eigenvalue weighted by atomic mass is 32.2. The molecule has 0 spiro atoms. The molecule has 0 aliphatic carbocycles. The largest absolute Gasteiger partial charge is 0.477 e. The number of fused-ring (bicyclic) bond motifs is 1. The number of hydrogen-bond donors (Lipinski definition) is 1. The molecule has 0 atom stereocenters. The minimum Gasteiger partial charge on any atom is -0.477 e. The van der Waals surface area contributed by atoms with Crippen LogP contribution in [-0.2, 0) is 15.4 Å². The van der Waals surface area contributed by atoms with Crippen LogP contribution in [0.1, 0.15) is 60.3 Å². The summed E-state index contributed by atoms with van der Waals surface area (Å²) < 4.78 is 28.8. The molecule has 1 aliphatic rings. The fourth-order valence-electron chi connectivity index (χ4n) is 4.29. The summed E-state index contributed by atoms with van der Waals surface area (Å²) in [4.78, 5) is 12.5. The van der Waals surface area contributed by atoms with Crippen LogP contribution in [0.3, 0.4) is 0 Å². The van der Waals surface area contributed by atoms with Crippen LogP contribution >= 0.6 is 11.3 Å². The Labute approximate surface area is 187 Å². The van der Waals surface area contributed by atoms with Gasteiger partial charge in [0.25, 0.3) is 0 Å². The summed E-state index contributed by atoms with van der Waals surface area (Å²) in [7, 11) is -3.57. The SMILES string of the molecule is CC(C)(C)c1ccc(S(=O)(=O)N2CCC(c3c(C(=O)O)sc4ccccc34)CC2)cc1. The minimum absolute atomic E-state index is 0.0359. The molecule has 1 saturated heterocycles. The number of carboxylic acid groups (broad SMARTS) is 1. The molecule has 3 aromatic rings. The highest BCUT2D eigenvalue weighted by molar-refractivity contribution is 7.89. The first-order valence-corrected chi connectivity index (χ1v) is 12.7. The van der Waals surface area contributed by atoms with Crippen LogP contribution in [0.15, 0.2) is 53.4 Å². The van der Waals surface area contributed by atoms with E-state index in [9.17, 15) is 18.3 Å². The zero-order valence-electron chi connectivity index (χ0n) is 18.0. The van der Waals surface area contributed by atoms with E-state index in [2.05, 4.69) is 20.8 Å². The summed E-state index contributed by atoms with van der Waals surface area (Å²) >= 11 is 1.30. The highest BCUT2D eigenvalue weighted by Gasteiger charge is 2.33. The third kappa shape index (κ3) is 4.14. The lowest BCUT2D eigenvalue weighted by atomic mass is 9.87. The second-order valence-electron chi connectivity index (χ2n) is 9.10. The monoisotopic (exact) mass is 457 g/mol. The van der Waals surface area contributed by atoms with Gasteiger partial charge in [0, 0.05) is 17.8 Å². The van der Waals surface area contributed by atoms with Crippen molar-refractivity contribution in [1.29, 1.82) is 0 Å². The summed E-state index contributed by atoms with van der Waals surface area (Å²) in [5.41, 5.74) is 1.92. The maximum absolute atomic E-state index is 13.2. The predicted octanol–water partition coefficient (Wildman–Crippen LogP) is 5.47. The zero-order chi connectivity index (χ0) is 22.4. The smallest absolute Gasteiger partial charge is 0.346 e. The first-order chi connectivity index (χ1) is 14.6. The summed E-state index contributed by atoms with van der Waals surface area (Å²) in [5.74, 6) is -0.873. The molecule has 2 heterocycles. The van der Waals surface area contributed by atoms with Crippen molar-refractivity contribution >= 4 is 37.4 Å². The molecule has 164 valence electrons. The number of hydrogen-bond acceptors (Lipinski definition) is 4. The number of piperidine rings is 1. The van der Waals surface area contributed by atoms with Gasteiger partial charge in [-0.1, -0.05) is 51.1 Å². The van der Waals surface area contributed by atoms with Gasteiger partial charge in [0.1, 0.15) is 4.88 Å². The fraction of sp³-hybridized carbons (Fsp3) is 0.375. The van der Waals surface area contributed by atoms with Crippen LogP contribution in [0.2, 0.25) is 0 Å². The summed E-state index contributed by atoms with van der Waals surface area (Å²) in [6.07, 6.45) is 1.22. The second-order valence-corrected chi connectivity index (χ2v) is 12.1. The van der Waals surface area contributed by atoms with Gasteiger partial charge < -0.3 is 5.11 Å². The van der Waals surface area contributed by atoms with Crippen LogP contribution < -0.4 is 0 Å². The summed E-state index contributed by atoms with van der Waals surface area (Å²) in [6.45, 7) is 7.07. The maximum atomic E-state index is 13.2. The lowest BCUT2D eigenvalue weighted by Gasteiger charge is -2.31. The molecule has 31 heavy (non-hydrogen) atoms. The molecule has 4 rings (SSSR count). The maximum Gasteiger partial charge on any atom is 0.346 e. The third-order valence-electron chi connectivity index (χ3n) is 6.05.